The summed E-state index contributed by atoms with van der Waals surface area (Å²) in [6.45, 7) is 27.4. The minimum absolute atomic E-state index is 0.00820. The molecule has 0 amide bonds. The molecule has 0 aliphatic carbocycles. The quantitative estimate of drug-likeness (QED) is 0.152. The van der Waals surface area contributed by atoms with E-state index >= 15 is 0 Å². The SMILES string of the molecule is CC(C)(C)c1ccc2oc3c4c5ccc(C(C)(C)C)cc5n5c6cc(C(C)(C)C)ccc6oc(c6c7ccc(C(C)(C)C)cc7n(c2c1)c36)c45. The van der Waals surface area contributed by atoms with Crippen LogP contribution in [0.15, 0.2) is 81.6 Å². The molecule has 0 saturated carbocycles. The fourth-order valence-corrected chi connectivity index (χ4v) is 8.04. The highest BCUT2D eigenvalue weighted by Crippen LogP contribution is 2.49. The predicted octanol–water partition coefficient (Wildman–Crippen LogP) is 13.5. The van der Waals surface area contributed by atoms with Crippen molar-refractivity contribution in [3.05, 3.63) is 95.1 Å². The molecule has 0 aliphatic rings. The van der Waals surface area contributed by atoms with E-state index in [1.54, 1.807) is 0 Å². The first-order valence-electron chi connectivity index (χ1n) is 18.1. The summed E-state index contributed by atoms with van der Waals surface area (Å²) in [6.07, 6.45) is 0. The summed E-state index contributed by atoms with van der Waals surface area (Å²) in [7, 11) is 0. The fourth-order valence-electron chi connectivity index (χ4n) is 8.04. The van der Waals surface area contributed by atoms with Crippen LogP contribution in [-0.4, -0.2) is 8.80 Å². The number of aromatic nitrogens is 2. The standard InChI is InChI=1S/C46H48N2O2/c1-43(2,3)25-13-17-29-31(21-25)47-33-23-27(45(7,8)9)15-19-35(33)49-42-38-30-18-14-26(44(4,5)6)22-32(30)48-34-24-28(46(10,11)12)16-20-36(34)50-41(40(38)48)37(29)39(42)47/h13-24H,1-12H3. The van der Waals surface area contributed by atoms with E-state index in [1.165, 1.54) is 44.1 Å². The lowest BCUT2D eigenvalue weighted by atomic mass is 9.86. The molecule has 9 rings (SSSR count). The van der Waals surface area contributed by atoms with E-state index in [-0.39, 0.29) is 21.7 Å². The smallest absolute Gasteiger partial charge is 0.162 e. The highest BCUT2D eigenvalue weighted by molar-refractivity contribution is 6.34. The van der Waals surface area contributed by atoms with E-state index in [0.29, 0.717) is 0 Å². The minimum Gasteiger partial charge on any atom is -0.452 e. The van der Waals surface area contributed by atoms with Gasteiger partial charge in [-0.25, -0.2) is 0 Å². The molecule has 0 fully saturated rings. The van der Waals surface area contributed by atoms with Crippen LogP contribution in [-0.2, 0) is 21.7 Å². The lowest BCUT2D eigenvalue weighted by Crippen LogP contribution is -2.11. The Bertz CT molecular complexity index is 2690. The zero-order valence-electron chi connectivity index (χ0n) is 31.6. The summed E-state index contributed by atoms with van der Waals surface area (Å²) >= 11 is 0. The van der Waals surface area contributed by atoms with Crippen LogP contribution in [0.4, 0.5) is 0 Å². The molecule has 50 heavy (non-hydrogen) atoms. The van der Waals surface area contributed by atoms with E-state index in [9.17, 15) is 0 Å². The number of fused-ring (bicyclic) bond motifs is 12. The maximum absolute atomic E-state index is 7.18. The predicted molar refractivity (Wildman–Crippen MR) is 213 cm³/mol. The monoisotopic (exact) mass is 660 g/mol. The summed E-state index contributed by atoms with van der Waals surface area (Å²) in [4.78, 5) is 0. The van der Waals surface area contributed by atoms with Crippen LogP contribution < -0.4 is 0 Å². The van der Waals surface area contributed by atoms with Crippen molar-refractivity contribution in [2.24, 2.45) is 0 Å². The summed E-state index contributed by atoms with van der Waals surface area (Å²) in [5.41, 5.74) is 15.3. The van der Waals surface area contributed by atoms with Crippen LogP contribution >= 0.6 is 0 Å². The molecule has 0 N–H and O–H groups in total. The minimum atomic E-state index is -0.0131. The number of hydrogen-bond donors (Lipinski definition) is 0. The van der Waals surface area contributed by atoms with Gasteiger partial charge in [-0.1, -0.05) is 119 Å². The van der Waals surface area contributed by atoms with Gasteiger partial charge < -0.3 is 17.6 Å². The number of benzene rings is 5. The molecule has 5 aromatic carbocycles. The number of nitrogens with zero attached hydrogens (tertiary/aromatic N) is 2. The van der Waals surface area contributed by atoms with Gasteiger partial charge in [0.15, 0.2) is 22.3 Å². The molecule has 0 unspecified atom stereocenters. The maximum atomic E-state index is 7.18. The topological polar surface area (TPSA) is 35.1 Å². The largest absolute Gasteiger partial charge is 0.452 e. The maximum Gasteiger partial charge on any atom is 0.162 e. The molecule has 4 heterocycles. The molecule has 0 atom stereocenters. The number of hydrogen-bond acceptors (Lipinski definition) is 2. The van der Waals surface area contributed by atoms with E-state index < -0.39 is 0 Å². The Balaban J connectivity index is 1.62. The van der Waals surface area contributed by atoms with Gasteiger partial charge in [-0.2, -0.15) is 0 Å². The zero-order chi connectivity index (χ0) is 35.4. The molecule has 4 nitrogen and oxygen atoms in total. The van der Waals surface area contributed by atoms with Crippen LogP contribution in [0.5, 0.6) is 0 Å². The van der Waals surface area contributed by atoms with Gasteiger partial charge >= 0.3 is 0 Å². The molecule has 0 saturated heterocycles. The molecule has 254 valence electrons. The van der Waals surface area contributed by atoms with Crippen molar-refractivity contribution in [2.75, 3.05) is 0 Å². The average Bonchev–Trinajstić information content (AvgIpc) is 3.56. The molecule has 9 aromatic rings. The van der Waals surface area contributed by atoms with Gasteiger partial charge in [0.05, 0.1) is 32.8 Å². The van der Waals surface area contributed by atoms with Gasteiger partial charge in [0, 0.05) is 10.8 Å². The first-order chi connectivity index (χ1) is 23.3. The third-order valence-corrected chi connectivity index (χ3v) is 11.1. The Morgan fingerprint density at radius 3 is 1.00 bits per heavy atom. The molecular formula is C46H48N2O2. The summed E-state index contributed by atoms with van der Waals surface area (Å²) in [5.74, 6) is 0. The Kier molecular flexibility index (Phi) is 5.97. The van der Waals surface area contributed by atoms with E-state index in [0.717, 1.165) is 55.2 Å². The van der Waals surface area contributed by atoms with Crippen LogP contribution in [0.3, 0.4) is 0 Å². The van der Waals surface area contributed by atoms with Crippen LogP contribution in [0, 0.1) is 0 Å². The van der Waals surface area contributed by atoms with Crippen LogP contribution in [0.25, 0.3) is 77.0 Å². The van der Waals surface area contributed by atoms with Crippen molar-refractivity contribution in [2.45, 2.75) is 105 Å². The lowest BCUT2D eigenvalue weighted by molar-refractivity contribution is 0.589. The molecule has 4 heteroatoms. The first kappa shape index (κ1) is 31.3. The van der Waals surface area contributed by atoms with Gasteiger partial charge in [-0.05, 0) is 80.3 Å². The second-order valence-corrected chi connectivity index (χ2v) is 18.8. The van der Waals surface area contributed by atoms with Crippen LogP contribution in [0.1, 0.15) is 105 Å². The van der Waals surface area contributed by atoms with Gasteiger partial charge in [0.2, 0.25) is 0 Å². The Morgan fingerprint density at radius 1 is 0.380 bits per heavy atom. The van der Waals surface area contributed by atoms with Gasteiger partial charge in [0.25, 0.3) is 0 Å². The molecule has 4 aromatic heterocycles. The van der Waals surface area contributed by atoms with Crippen molar-refractivity contribution < 1.29 is 8.83 Å². The van der Waals surface area contributed by atoms with Crippen LogP contribution in [0.2, 0.25) is 0 Å². The normalized spacial score (nSPS) is 14.0. The Hall–Kier alpha value is -4.70. The highest BCUT2D eigenvalue weighted by atomic mass is 16.3. The second-order valence-electron chi connectivity index (χ2n) is 18.8. The van der Waals surface area contributed by atoms with E-state index in [2.05, 4.69) is 165 Å². The van der Waals surface area contributed by atoms with Gasteiger partial charge in [-0.3, -0.25) is 0 Å². The summed E-state index contributed by atoms with van der Waals surface area (Å²) < 4.78 is 19.3. The molecule has 0 spiro atoms. The van der Waals surface area contributed by atoms with Crippen molar-refractivity contribution in [3.63, 3.8) is 0 Å². The van der Waals surface area contributed by atoms with Crippen molar-refractivity contribution in [1.29, 1.82) is 0 Å². The van der Waals surface area contributed by atoms with Crippen molar-refractivity contribution in [1.82, 2.24) is 8.80 Å². The molecule has 0 radical (unpaired) electrons. The molecule has 0 aliphatic heterocycles. The van der Waals surface area contributed by atoms with Gasteiger partial charge in [0.1, 0.15) is 11.0 Å². The third-order valence-electron chi connectivity index (χ3n) is 11.1. The Labute approximate surface area is 293 Å². The zero-order valence-corrected chi connectivity index (χ0v) is 31.6. The van der Waals surface area contributed by atoms with E-state index in [4.69, 9.17) is 8.83 Å². The van der Waals surface area contributed by atoms with E-state index in [1.807, 2.05) is 0 Å². The Morgan fingerprint density at radius 2 is 0.680 bits per heavy atom. The average molecular weight is 661 g/mol. The van der Waals surface area contributed by atoms with Crippen molar-refractivity contribution >= 4 is 77.0 Å². The summed E-state index contributed by atoms with van der Waals surface area (Å²) in [5, 5.41) is 4.54. The third kappa shape index (κ3) is 4.23. The van der Waals surface area contributed by atoms with Gasteiger partial charge in [-0.15, -0.1) is 0 Å². The molecular weight excluding hydrogens is 613 g/mol. The fraction of sp³-hybridized carbons (Fsp3) is 0.348. The first-order valence-corrected chi connectivity index (χ1v) is 18.1. The highest BCUT2D eigenvalue weighted by Gasteiger charge is 2.30. The summed E-state index contributed by atoms with van der Waals surface area (Å²) in [6, 6.07) is 27.5. The van der Waals surface area contributed by atoms with Crippen molar-refractivity contribution in [3.8, 4) is 0 Å². The lowest BCUT2D eigenvalue weighted by Gasteiger charge is -2.20. The number of rotatable bonds is 0. The second kappa shape index (κ2) is 9.54. The molecule has 0 bridgehead atoms.